The molecule has 0 fully saturated rings. The van der Waals surface area contributed by atoms with Crippen molar-refractivity contribution in [2.24, 2.45) is 5.41 Å². The second-order valence-corrected chi connectivity index (χ2v) is 6.79. The Hall–Kier alpha value is -0.180. The van der Waals surface area contributed by atoms with Crippen LogP contribution in [0.25, 0.3) is 0 Å². The zero-order valence-electron chi connectivity index (χ0n) is 9.95. The molecule has 0 aliphatic heterocycles. The van der Waals surface area contributed by atoms with E-state index < -0.39 is 7.60 Å². The van der Waals surface area contributed by atoms with E-state index in [-0.39, 0.29) is 30.4 Å². The standard InChI is InChI=1S/C10H21O4P/c1-5-14-15(12,13)7-6-9(11)8-10(2,3)4/h5-8H2,1-4H3,(H,12,13). The third-order valence-corrected chi connectivity index (χ3v) is 3.18. The molecule has 0 aromatic rings. The molecule has 0 bridgehead atoms. The van der Waals surface area contributed by atoms with Crippen molar-refractivity contribution in [3.63, 3.8) is 0 Å². The molecule has 0 spiro atoms. The Labute approximate surface area is 91.6 Å². The summed E-state index contributed by atoms with van der Waals surface area (Å²) in [5.74, 6) is 0.0106. The number of rotatable bonds is 6. The first kappa shape index (κ1) is 14.8. The van der Waals surface area contributed by atoms with Gasteiger partial charge >= 0.3 is 7.60 Å². The van der Waals surface area contributed by atoms with Gasteiger partial charge in [0.2, 0.25) is 0 Å². The van der Waals surface area contributed by atoms with Crippen molar-refractivity contribution in [1.29, 1.82) is 0 Å². The van der Waals surface area contributed by atoms with Crippen LogP contribution >= 0.6 is 7.60 Å². The second-order valence-electron chi connectivity index (χ2n) is 4.80. The first-order valence-corrected chi connectivity index (χ1v) is 6.90. The van der Waals surface area contributed by atoms with E-state index in [4.69, 9.17) is 0 Å². The minimum atomic E-state index is -3.53. The fraction of sp³-hybridized carbons (Fsp3) is 0.900. The Morgan fingerprint density at radius 2 is 1.93 bits per heavy atom. The van der Waals surface area contributed by atoms with Gasteiger partial charge in [0.15, 0.2) is 0 Å². The lowest BCUT2D eigenvalue weighted by Crippen LogP contribution is -2.14. The van der Waals surface area contributed by atoms with E-state index in [2.05, 4.69) is 4.52 Å². The van der Waals surface area contributed by atoms with Gasteiger partial charge in [-0.25, -0.2) is 0 Å². The highest BCUT2D eigenvalue weighted by Crippen LogP contribution is 2.42. The minimum Gasteiger partial charge on any atom is -0.324 e. The summed E-state index contributed by atoms with van der Waals surface area (Å²) in [6.07, 6.45) is 0.472. The predicted octanol–water partition coefficient (Wildman–Crippen LogP) is 2.60. The monoisotopic (exact) mass is 236 g/mol. The molecule has 90 valence electrons. The van der Waals surface area contributed by atoms with Crippen LogP contribution in [-0.4, -0.2) is 23.4 Å². The third-order valence-electron chi connectivity index (χ3n) is 1.73. The first-order valence-electron chi connectivity index (χ1n) is 5.14. The molecule has 0 aromatic carbocycles. The van der Waals surface area contributed by atoms with E-state index in [0.717, 1.165) is 0 Å². The summed E-state index contributed by atoms with van der Waals surface area (Å²) in [5.41, 5.74) is -0.0673. The van der Waals surface area contributed by atoms with E-state index in [0.29, 0.717) is 6.42 Å². The first-order chi connectivity index (χ1) is 6.66. The van der Waals surface area contributed by atoms with Crippen molar-refractivity contribution in [3.05, 3.63) is 0 Å². The highest BCUT2D eigenvalue weighted by Gasteiger charge is 2.22. The van der Waals surface area contributed by atoms with Crippen molar-refractivity contribution < 1.29 is 18.8 Å². The summed E-state index contributed by atoms with van der Waals surface area (Å²) in [7, 11) is -3.53. The molecule has 1 unspecified atom stereocenters. The molecular weight excluding hydrogens is 215 g/mol. The van der Waals surface area contributed by atoms with Crippen LogP contribution in [0.2, 0.25) is 0 Å². The maximum Gasteiger partial charge on any atom is 0.328 e. The lowest BCUT2D eigenvalue weighted by molar-refractivity contribution is -0.120. The zero-order valence-corrected chi connectivity index (χ0v) is 10.8. The summed E-state index contributed by atoms with van der Waals surface area (Å²) in [6, 6.07) is 0. The van der Waals surface area contributed by atoms with Crippen molar-refractivity contribution in [2.45, 2.75) is 40.5 Å². The molecule has 0 aliphatic carbocycles. The topological polar surface area (TPSA) is 63.6 Å². The van der Waals surface area contributed by atoms with Crippen molar-refractivity contribution in [1.82, 2.24) is 0 Å². The molecule has 0 amide bonds. The molecule has 0 heterocycles. The summed E-state index contributed by atoms with van der Waals surface area (Å²) in [4.78, 5) is 20.7. The summed E-state index contributed by atoms with van der Waals surface area (Å²) >= 11 is 0. The van der Waals surface area contributed by atoms with Crippen LogP contribution < -0.4 is 0 Å². The number of hydrogen-bond acceptors (Lipinski definition) is 3. The molecular formula is C10H21O4P. The molecule has 0 saturated carbocycles. The van der Waals surface area contributed by atoms with Gasteiger partial charge in [-0.1, -0.05) is 20.8 Å². The smallest absolute Gasteiger partial charge is 0.324 e. The fourth-order valence-electron chi connectivity index (χ4n) is 1.21. The van der Waals surface area contributed by atoms with E-state index in [1.807, 2.05) is 20.8 Å². The molecule has 5 heteroatoms. The van der Waals surface area contributed by atoms with Gasteiger partial charge in [-0.3, -0.25) is 9.36 Å². The van der Waals surface area contributed by atoms with E-state index in [1.54, 1.807) is 6.92 Å². The number of carbonyl (C=O) groups excluding carboxylic acids is 1. The minimum absolute atomic E-state index is 0.0106. The maximum absolute atomic E-state index is 11.4. The van der Waals surface area contributed by atoms with Crippen molar-refractivity contribution in [3.8, 4) is 0 Å². The Morgan fingerprint density at radius 1 is 1.40 bits per heavy atom. The Bertz CT molecular complexity index is 255. The average Bonchev–Trinajstić information content (AvgIpc) is 1.98. The van der Waals surface area contributed by atoms with Crippen LogP contribution in [0.15, 0.2) is 0 Å². The third kappa shape index (κ3) is 8.79. The number of hydrogen-bond donors (Lipinski definition) is 1. The summed E-state index contributed by atoms with van der Waals surface area (Å²) in [5, 5.41) is 0. The van der Waals surface area contributed by atoms with Crippen LogP contribution in [0, 0.1) is 5.41 Å². The van der Waals surface area contributed by atoms with Gasteiger partial charge in [0.25, 0.3) is 0 Å². The Kier molecular flexibility index (Phi) is 5.71. The van der Waals surface area contributed by atoms with E-state index >= 15 is 0 Å². The normalized spacial score (nSPS) is 16.1. The number of Topliss-reactive ketones (excluding diaryl/α,β-unsaturated/α-hetero) is 1. The second kappa shape index (κ2) is 5.78. The van der Waals surface area contributed by atoms with Gasteiger partial charge in [-0.2, -0.15) is 0 Å². The zero-order chi connectivity index (χ0) is 12.1. The highest BCUT2D eigenvalue weighted by molar-refractivity contribution is 7.52. The van der Waals surface area contributed by atoms with Crippen LogP contribution in [0.4, 0.5) is 0 Å². The van der Waals surface area contributed by atoms with Crippen LogP contribution in [0.1, 0.15) is 40.5 Å². The van der Waals surface area contributed by atoms with Gasteiger partial charge < -0.3 is 9.42 Å². The molecule has 1 atom stereocenters. The van der Waals surface area contributed by atoms with Gasteiger partial charge in [0.1, 0.15) is 5.78 Å². The Balaban J connectivity index is 3.96. The predicted molar refractivity (Wildman–Crippen MR) is 60.0 cm³/mol. The van der Waals surface area contributed by atoms with Gasteiger partial charge in [-0.05, 0) is 12.3 Å². The fourth-order valence-corrected chi connectivity index (χ4v) is 2.28. The van der Waals surface area contributed by atoms with Gasteiger partial charge in [0.05, 0.1) is 12.8 Å². The lowest BCUT2D eigenvalue weighted by atomic mass is 9.89. The number of ketones is 1. The van der Waals surface area contributed by atoms with E-state index in [9.17, 15) is 14.3 Å². The molecule has 0 radical (unpaired) electrons. The molecule has 0 saturated heterocycles. The molecule has 0 aromatic heterocycles. The summed E-state index contributed by atoms with van der Waals surface area (Å²) < 4.78 is 15.9. The van der Waals surface area contributed by atoms with E-state index in [1.165, 1.54) is 0 Å². The van der Waals surface area contributed by atoms with Crippen molar-refractivity contribution >= 4 is 13.4 Å². The summed E-state index contributed by atoms with van der Waals surface area (Å²) in [6.45, 7) is 7.74. The molecule has 1 N–H and O–H groups in total. The maximum atomic E-state index is 11.4. The molecule has 4 nitrogen and oxygen atoms in total. The number of carbonyl (C=O) groups is 1. The lowest BCUT2D eigenvalue weighted by Gasteiger charge is -2.17. The SMILES string of the molecule is CCOP(=O)(O)CCC(=O)CC(C)(C)C. The van der Waals surface area contributed by atoms with Gasteiger partial charge in [0, 0.05) is 12.8 Å². The van der Waals surface area contributed by atoms with Gasteiger partial charge in [-0.15, -0.1) is 0 Å². The van der Waals surface area contributed by atoms with Crippen LogP contribution in [-0.2, 0) is 13.9 Å². The largest absolute Gasteiger partial charge is 0.328 e. The average molecular weight is 236 g/mol. The van der Waals surface area contributed by atoms with Crippen LogP contribution in [0.3, 0.4) is 0 Å². The molecule has 0 aliphatic rings. The van der Waals surface area contributed by atoms with Crippen molar-refractivity contribution in [2.75, 3.05) is 12.8 Å². The highest BCUT2D eigenvalue weighted by atomic mass is 31.2. The molecule has 0 rings (SSSR count). The van der Waals surface area contributed by atoms with Crippen LogP contribution in [0.5, 0.6) is 0 Å². The quantitative estimate of drug-likeness (QED) is 0.720. The Morgan fingerprint density at radius 3 is 2.33 bits per heavy atom. The molecule has 15 heavy (non-hydrogen) atoms.